The molecule has 0 saturated carbocycles. The van der Waals surface area contributed by atoms with Crippen molar-refractivity contribution < 1.29 is 28.6 Å². The Kier molecular flexibility index (Phi) is 16.5. The normalized spacial score (nSPS) is 10.0. The summed E-state index contributed by atoms with van der Waals surface area (Å²) in [6.07, 6.45) is 5.80. The number of carbonyl (C=O) groups is 3. The number of amides is 2. The van der Waals surface area contributed by atoms with E-state index in [4.69, 9.17) is 14.2 Å². The van der Waals surface area contributed by atoms with Gasteiger partial charge < -0.3 is 24.8 Å². The molecule has 2 N–H and O–H groups in total. The largest absolute Gasteiger partial charge is 0.489 e. The first-order valence-corrected chi connectivity index (χ1v) is 17.2. The molecule has 0 radical (unpaired) electrons. The summed E-state index contributed by atoms with van der Waals surface area (Å²) in [7, 11) is 0. The molecule has 0 fully saturated rings. The van der Waals surface area contributed by atoms with E-state index in [2.05, 4.69) is 37.6 Å². The molecule has 0 bridgehead atoms. The third-order valence-corrected chi connectivity index (χ3v) is 7.41. The molecule has 0 aromatic heterocycles. The summed E-state index contributed by atoms with van der Waals surface area (Å²) in [5, 5.41) is 9.20. The van der Waals surface area contributed by atoms with Crippen molar-refractivity contribution in [3.8, 4) is 22.6 Å². The molecule has 0 heterocycles. The standard InChI is InChI=1S/C37H32N2O6.C4H10.C2H6/c1-3-20-43-31-18-16-25-10-5-7-14-29(25)35(31)36-30-15-8-6-11-26(30)17-19-32(36)45-24-34(41)38-23-33(40)39-28-13-9-12-27(22-28)37(42)44-21-4-2;1-3-4-2;1-2/h3-19,22H,1-2,20-21,23-24H2,(H,38,41)(H,39,40);3-4H2,1-2H3;1-2H3. The summed E-state index contributed by atoms with van der Waals surface area (Å²) in [5.41, 5.74) is 2.31. The van der Waals surface area contributed by atoms with E-state index in [-0.39, 0.29) is 25.3 Å². The summed E-state index contributed by atoms with van der Waals surface area (Å²) < 4.78 is 17.3. The van der Waals surface area contributed by atoms with Gasteiger partial charge in [-0.2, -0.15) is 0 Å². The van der Waals surface area contributed by atoms with Crippen LogP contribution in [0.25, 0.3) is 32.7 Å². The van der Waals surface area contributed by atoms with E-state index >= 15 is 0 Å². The summed E-state index contributed by atoms with van der Waals surface area (Å²) in [5.74, 6) is -0.326. The first kappa shape index (κ1) is 39.5. The van der Waals surface area contributed by atoms with Crippen LogP contribution in [0.2, 0.25) is 0 Å². The molecule has 5 aromatic carbocycles. The lowest BCUT2D eigenvalue weighted by Crippen LogP contribution is -2.35. The molecule has 0 aliphatic heterocycles. The maximum Gasteiger partial charge on any atom is 0.338 e. The minimum Gasteiger partial charge on any atom is -0.489 e. The van der Waals surface area contributed by atoms with Crippen LogP contribution in [0, 0.1) is 0 Å². The smallest absolute Gasteiger partial charge is 0.338 e. The zero-order valence-electron chi connectivity index (χ0n) is 30.0. The van der Waals surface area contributed by atoms with Crippen molar-refractivity contribution >= 4 is 45.0 Å². The van der Waals surface area contributed by atoms with E-state index < -0.39 is 17.8 Å². The molecule has 266 valence electrons. The van der Waals surface area contributed by atoms with Crippen molar-refractivity contribution in [1.82, 2.24) is 5.32 Å². The number of hydrogen-bond donors (Lipinski definition) is 2. The monoisotopic (exact) mass is 688 g/mol. The fourth-order valence-corrected chi connectivity index (χ4v) is 4.93. The van der Waals surface area contributed by atoms with Crippen molar-refractivity contribution in [1.29, 1.82) is 0 Å². The Labute approximate surface area is 301 Å². The molecular weight excluding hydrogens is 640 g/mol. The summed E-state index contributed by atoms with van der Waals surface area (Å²) in [6.45, 7) is 15.5. The number of anilines is 1. The highest BCUT2D eigenvalue weighted by Gasteiger charge is 2.20. The molecule has 2 amide bonds. The fraction of sp³-hybridized carbons (Fsp3) is 0.233. The quantitative estimate of drug-likeness (QED) is 0.0890. The summed E-state index contributed by atoms with van der Waals surface area (Å²) in [4.78, 5) is 37.5. The first-order chi connectivity index (χ1) is 24.9. The number of fused-ring (bicyclic) bond motifs is 2. The summed E-state index contributed by atoms with van der Waals surface area (Å²) >= 11 is 0. The number of carbonyl (C=O) groups excluding carboxylic acids is 3. The van der Waals surface area contributed by atoms with Crippen LogP contribution in [0.4, 0.5) is 5.69 Å². The SMILES string of the molecule is C=CCOC(=O)c1cccc(NC(=O)CNC(=O)COc2ccc3ccccc3c2-c2c(OCC=C)ccc3ccccc23)c1.CC.CCCC. The average Bonchev–Trinajstić information content (AvgIpc) is 3.18. The molecule has 0 unspecified atom stereocenters. The molecular formula is C43H48N2O6. The molecule has 5 aromatic rings. The Hall–Kier alpha value is -5.89. The average molecular weight is 689 g/mol. The Morgan fingerprint density at radius 1 is 0.667 bits per heavy atom. The van der Waals surface area contributed by atoms with Gasteiger partial charge in [0.05, 0.1) is 12.1 Å². The Balaban J connectivity index is 0.00000109. The van der Waals surface area contributed by atoms with Crippen LogP contribution < -0.4 is 20.1 Å². The molecule has 0 atom stereocenters. The van der Waals surface area contributed by atoms with Crippen LogP contribution in [-0.4, -0.2) is 44.1 Å². The van der Waals surface area contributed by atoms with Crippen LogP contribution in [0.3, 0.4) is 0 Å². The minimum absolute atomic E-state index is 0.0798. The van der Waals surface area contributed by atoms with Crippen molar-refractivity contribution in [2.75, 3.05) is 31.7 Å². The highest BCUT2D eigenvalue weighted by atomic mass is 16.5. The lowest BCUT2D eigenvalue weighted by Gasteiger charge is -2.19. The second-order valence-electron chi connectivity index (χ2n) is 11.0. The highest BCUT2D eigenvalue weighted by molar-refractivity contribution is 6.10. The lowest BCUT2D eigenvalue weighted by atomic mass is 9.92. The van der Waals surface area contributed by atoms with Gasteiger partial charge in [-0.3, -0.25) is 9.59 Å². The zero-order valence-corrected chi connectivity index (χ0v) is 30.0. The molecule has 0 aliphatic carbocycles. The topological polar surface area (TPSA) is 103 Å². The Morgan fingerprint density at radius 3 is 1.80 bits per heavy atom. The van der Waals surface area contributed by atoms with Crippen molar-refractivity contribution in [3.05, 3.63) is 128 Å². The lowest BCUT2D eigenvalue weighted by molar-refractivity contribution is -0.125. The van der Waals surface area contributed by atoms with E-state index in [1.165, 1.54) is 25.0 Å². The molecule has 8 nitrogen and oxygen atoms in total. The third kappa shape index (κ3) is 11.3. The molecule has 5 rings (SSSR count). The number of hydrogen-bond acceptors (Lipinski definition) is 6. The first-order valence-electron chi connectivity index (χ1n) is 17.2. The second-order valence-corrected chi connectivity index (χ2v) is 11.0. The highest BCUT2D eigenvalue weighted by Crippen LogP contribution is 2.45. The molecule has 51 heavy (non-hydrogen) atoms. The van der Waals surface area contributed by atoms with Gasteiger partial charge in [0.15, 0.2) is 6.61 Å². The van der Waals surface area contributed by atoms with Gasteiger partial charge in [0.25, 0.3) is 5.91 Å². The van der Waals surface area contributed by atoms with Crippen molar-refractivity contribution in [2.24, 2.45) is 0 Å². The van der Waals surface area contributed by atoms with Gasteiger partial charge in [-0.1, -0.05) is 133 Å². The number of rotatable bonds is 14. The third-order valence-electron chi connectivity index (χ3n) is 7.41. The number of nitrogens with one attached hydrogen (secondary N) is 2. The van der Waals surface area contributed by atoms with Gasteiger partial charge in [-0.25, -0.2) is 4.79 Å². The predicted octanol–water partition coefficient (Wildman–Crippen LogP) is 9.53. The number of benzene rings is 5. The molecule has 0 saturated heterocycles. The number of esters is 1. The van der Waals surface area contributed by atoms with Crippen LogP contribution in [0.15, 0.2) is 122 Å². The molecule has 8 heteroatoms. The van der Waals surface area contributed by atoms with Crippen LogP contribution in [-0.2, 0) is 14.3 Å². The van der Waals surface area contributed by atoms with Gasteiger partial charge in [-0.05, 0) is 51.9 Å². The summed E-state index contributed by atoms with van der Waals surface area (Å²) in [6, 6.07) is 30.0. The van der Waals surface area contributed by atoms with Crippen LogP contribution >= 0.6 is 0 Å². The van der Waals surface area contributed by atoms with Crippen molar-refractivity contribution in [2.45, 2.75) is 40.5 Å². The second kappa shape index (κ2) is 21.3. The van der Waals surface area contributed by atoms with E-state index in [1.54, 1.807) is 24.3 Å². The maximum atomic E-state index is 12.8. The molecule has 0 aliphatic rings. The Bertz CT molecular complexity index is 1930. The van der Waals surface area contributed by atoms with Crippen molar-refractivity contribution in [3.63, 3.8) is 0 Å². The van der Waals surface area contributed by atoms with E-state index in [0.29, 0.717) is 23.8 Å². The van der Waals surface area contributed by atoms with E-state index in [9.17, 15) is 14.4 Å². The zero-order chi connectivity index (χ0) is 37.0. The minimum atomic E-state index is -0.535. The van der Waals surface area contributed by atoms with Gasteiger partial charge in [0, 0.05) is 16.8 Å². The maximum absolute atomic E-state index is 12.8. The van der Waals surface area contributed by atoms with Gasteiger partial charge in [-0.15, -0.1) is 0 Å². The Morgan fingerprint density at radius 2 is 1.24 bits per heavy atom. The molecule has 0 spiro atoms. The van der Waals surface area contributed by atoms with Gasteiger partial charge in [0.2, 0.25) is 5.91 Å². The van der Waals surface area contributed by atoms with Crippen LogP contribution in [0.5, 0.6) is 11.5 Å². The van der Waals surface area contributed by atoms with Crippen LogP contribution in [0.1, 0.15) is 50.9 Å². The van der Waals surface area contributed by atoms with Gasteiger partial charge in [0.1, 0.15) is 24.7 Å². The van der Waals surface area contributed by atoms with E-state index in [1.807, 2.05) is 86.6 Å². The fourth-order valence-electron chi connectivity index (χ4n) is 4.93. The number of unbranched alkanes of at least 4 members (excludes halogenated alkanes) is 1. The number of ether oxygens (including phenoxy) is 3. The predicted molar refractivity (Wildman–Crippen MR) is 209 cm³/mol. The van der Waals surface area contributed by atoms with Gasteiger partial charge >= 0.3 is 5.97 Å². The van der Waals surface area contributed by atoms with E-state index in [0.717, 1.165) is 32.7 Å².